The topological polar surface area (TPSA) is 49.3 Å². The first-order valence-corrected chi connectivity index (χ1v) is 8.71. The van der Waals surface area contributed by atoms with E-state index in [0.29, 0.717) is 35.8 Å². The van der Waals surface area contributed by atoms with Gasteiger partial charge in [0.15, 0.2) is 25.5 Å². The van der Waals surface area contributed by atoms with Gasteiger partial charge in [-0.1, -0.05) is 0 Å². The van der Waals surface area contributed by atoms with Gasteiger partial charge in [-0.15, -0.1) is 0 Å². The van der Waals surface area contributed by atoms with Crippen LogP contribution >= 0.6 is 0 Å². The first-order valence-electron chi connectivity index (χ1n) is 8.71. The van der Waals surface area contributed by atoms with E-state index in [1.165, 1.54) is 0 Å². The number of hydrogen-bond acceptors (Lipinski definition) is 5. The number of aliphatic imine (C=N–C) groups is 1. The molecule has 0 aromatic heterocycles. The average Bonchev–Trinajstić information content (AvgIpc) is 3.06. The first kappa shape index (κ1) is 22.1. The van der Waals surface area contributed by atoms with Crippen LogP contribution in [0.15, 0.2) is 59.6 Å². The van der Waals surface area contributed by atoms with E-state index in [-0.39, 0.29) is 25.9 Å². The summed E-state index contributed by atoms with van der Waals surface area (Å²) >= 11 is 0. The van der Waals surface area contributed by atoms with Crippen LogP contribution in [0.2, 0.25) is 0 Å². The summed E-state index contributed by atoms with van der Waals surface area (Å²) in [7, 11) is 3.24. The van der Waals surface area contributed by atoms with Gasteiger partial charge in [0.05, 0.1) is 13.3 Å². The number of ether oxygens (including phenoxy) is 4. The van der Waals surface area contributed by atoms with Gasteiger partial charge in [-0.05, 0) is 30.3 Å². The molecule has 2 heterocycles. The number of alkyl halides is 1. The molecule has 0 fully saturated rings. The van der Waals surface area contributed by atoms with Gasteiger partial charge in [-0.2, -0.15) is 9.48 Å². The van der Waals surface area contributed by atoms with Crippen LogP contribution in [0.3, 0.4) is 0 Å². The first-order chi connectivity index (χ1) is 13.2. The second kappa shape index (κ2) is 10.4. The Morgan fingerprint density at radius 3 is 2.46 bits per heavy atom. The van der Waals surface area contributed by atoms with Gasteiger partial charge < -0.3 is 31.4 Å². The number of amidine groups is 1. The van der Waals surface area contributed by atoms with Crippen molar-refractivity contribution in [2.45, 2.75) is 6.42 Å². The van der Waals surface area contributed by atoms with Crippen molar-refractivity contribution in [3.63, 3.8) is 0 Å². The molecule has 3 rings (SSSR count). The van der Waals surface area contributed by atoms with Crippen LogP contribution in [-0.2, 0) is 14.2 Å². The van der Waals surface area contributed by atoms with Gasteiger partial charge in [0.2, 0.25) is 5.84 Å². The minimum absolute atomic E-state index is 0. The molecule has 1 aromatic rings. The molecule has 0 saturated heterocycles. The summed E-state index contributed by atoms with van der Waals surface area (Å²) in [5.74, 6) is 2.26. The Balaban J connectivity index is 0.00000280. The van der Waals surface area contributed by atoms with E-state index in [0.717, 1.165) is 17.1 Å². The summed E-state index contributed by atoms with van der Waals surface area (Å²) in [6.07, 6.45) is 8.15. The number of benzene rings is 1. The molecule has 6 nitrogen and oxygen atoms in total. The minimum Gasteiger partial charge on any atom is -1.00 e. The minimum atomic E-state index is -0.376. The van der Waals surface area contributed by atoms with E-state index in [1.807, 2.05) is 48.8 Å². The van der Waals surface area contributed by atoms with Crippen molar-refractivity contribution in [3.8, 4) is 5.75 Å². The van der Waals surface area contributed by atoms with Crippen LogP contribution < -0.4 is 17.1 Å². The van der Waals surface area contributed by atoms with Gasteiger partial charge in [0, 0.05) is 32.3 Å². The number of quaternary nitrogens is 1. The van der Waals surface area contributed by atoms with Crippen molar-refractivity contribution < 1.29 is 40.2 Å². The molecule has 1 aromatic carbocycles. The molecule has 0 amide bonds. The number of allylic oxidation sites excluding steroid dienone is 1. The van der Waals surface area contributed by atoms with Crippen molar-refractivity contribution in [1.29, 1.82) is 0 Å². The molecule has 1 unspecified atom stereocenters. The van der Waals surface area contributed by atoms with Crippen LogP contribution in [0.1, 0.15) is 12.0 Å². The van der Waals surface area contributed by atoms with Crippen molar-refractivity contribution in [3.05, 3.63) is 60.1 Å². The second-order valence-corrected chi connectivity index (χ2v) is 6.16. The highest BCUT2D eigenvalue weighted by atomic mass is 35.5. The van der Waals surface area contributed by atoms with Gasteiger partial charge in [-0.3, -0.25) is 4.39 Å². The van der Waals surface area contributed by atoms with Crippen molar-refractivity contribution in [1.82, 2.24) is 0 Å². The highest BCUT2D eigenvalue weighted by Gasteiger charge is 2.39. The summed E-state index contributed by atoms with van der Waals surface area (Å²) in [6.45, 7) is 0.570. The fourth-order valence-corrected chi connectivity index (χ4v) is 2.91. The Morgan fingerprint density at radius 1 is 1.00 bits per heavy atom. The largest absolute Gasteiger partial charge is 1.00 e. The number of halogens is 2. The maximum Gasteiger partial charge on any atom is 0.239 e. The molecule has 0 radical (unpaired) electrons. The monoisotopic (exact) mass is 410 g/mol. The Bertz CT molecular complexity index is 777. The Kier molecular flexibility index (Phi) is 8.19. The lowest BCUT2D eigenvalue weighted by atomic mass is 10.1. The zero-order chi connectivity index (χ0) is 19.1. The van der Waals surface area contributed by atoms with Gasteiger partial charge in [0.25, 0.3) is 0 Å². The molecule has 1 atom stereocenters. The van der Waals surface area contributed by atoms with E-state index in [4.69, 9.17) is 23.9 Å². The zero-order valence-electron chi connectivity index (χ0n) is 15.9. The molecule has 2 aliphatic heterocycles. The predicted octanol–water partition coefficient (Wildman–Crippen LogP) is 0.592. The standard InChI is InChI=1S/C20H24FN2O4.ClH/c1-24-14-23-12-18(27-15-25-2)8-9-20(23)22-19(13-23)16-4-6-17(7-5-16)26-11-3-10-21;/h4-9,12-13H,3,10-11,14-15H2,1-2H3;1H/q+1;/p-1. The average molecular weight is 411 g/mol. The Hall–Kier alpha value is -2.19. The second-order valence-electron chi connectivity index (χ2n) is 6.16. The highest BCUT2D eigenvalue weighted by molar-refractivity contribution is 5.96. The summed E-state index contributed by atoms with van der Waals surface area (Å²) in [5, 5.41) is 0. The van der Waals surface area contributed by atoms with E-state index in [1.54, 1.807) is 14.2 Å². The van der Waals surface area contributed by atoms with Gasteiger partial charge in [0.1, 0.15) is 17.6 Å². The third kappa shape index (κ3) is 4.99. The van der Waals surface area contributed by atoms with Crippen molar-refractivity contribution in [2.75, 3.05) is 41.0 Å². The molecule has 0 saturated carbocycles. The Morgan fingerprint density at radius 2 is 1.79 bits per heavy atom. The van der Waals surface area contributed by atoms with Crippen LogP contribution in [0.4, 0.5) is 4.39 Å². The number of fused-ring (bicyclic) bond motifs is 1. The molecule has 0 aliphatic carbocycles. The van der Waals surface area contributed by atoms with Crippen LogP contribution in [-0.4, -0.2) is 51.3 Å². The van der Waals surface area contributed by atoms with Crippen LogP contribution in [0.25, 0.3) is 5.70 Å². The maximum atomic E-state index is 12.2. The van der Waals surface area contributed by atoms with E-state index in [2.05, 4.69) is 0 Å². The lowest BCUT2D eigenvalue weighted by Gasteiger charge is -2.28. The van der Waals surface area contributed by atoms with Crippen molar-refractivity contribution in [2.24, 2.45) is 4.99 Å². The fraction of sp³-hybridized carbons (Fsp3) is 0.350. The van der Waals surface area contributed by atoms with Crippen LogP contribution in [0.5, 0.6) is 5.75 Å². The molecular formula is C20H24ClFN2O4. The van der Waals surface area contributed by atoms with E-state index >= 15 is 0 Å². The smallest absolute Gasteiger partial charge is 0.239 e. The number of rotatable bonds is 10. The summed E-state index contributed by atoms with van der Waals surface area (Å²) in [4.78, 5) is 4.75. The van der Waals surface area contributed by atoms with Gasteiger partial charge in [-0.25, -0.2) is 0 Å². The molecular weight excluding hydrogens is 387 g/mol. The lowest BCUT2D eigenvalue weighted by molar-refractivity contribution is -0.755. The molecule has 152 valence electrons. The third-order valence-corrected chi connectivity index (χ3v) is 4.15. The van der Waals surface area contributed by atoms with Gasteiger partial charge >= 0.3 is 0 Å². The molecule has 0 N–H and O–H groups in total. The lowest BCUT2D eigenvalue weighted by Crippen LogP contribution is -3.00. The fourth-order valence-electron chi connectivity index (χ4n) is 2.91. The number of hydrogen-bond donors (Lipinski definition) is 0. The molecule has 28 heavy (non-hydrogen) atoms. The molecule has 0 bridgehead atoms. The Labute approximate surface area is 170 Å². The highest BCUT2D eigenvalue weighted by Crippen LogP contribution is 2.33. The predicted molar refractivity (Wildman–Crippen MR) is 100 cm³/mol. The molecule has 8 heteroatoms. The van der Waals surface area contributed by atoms with Crippen molar-refractivity contribution >= 4 is 11.5 Å². The SMILES string of the molecule is COCOC1=C[N+]2(COC)C=C(c3ccc(OCCCF)cc3)N=C2C=C1.[Cl-]. The normalized spacial score (nSPS) is 19.9. The van der Waals surface area contributed by atoms with E-state index in [9.17, 15) is 4.39 Å². The molecule has 0 spiro atoms. The molecule has 2 aliphatic rings. The zero-order valence-corrected chi connectivity index (χ0v) is 16.7. The number of nitrogens with zero attached hydrogens (tertiary/aromatic N) is 2. The summed E-state index contributed by atoms with van der Waals surface area (Å²) in [5.41, 5.74) is 1.80. The van der Waals surface area contributed by atoms with E-state index < -0.39 is 0 Å². The van der Waals surface area contributed by atoms with Crippen LogP contribution in [0, 0.1) is 0 Å². The maximum absolute atomic E-state index is 12.2. The summed E-state index contributed by atoms with van der Waals surface area (Å²) in [6, 6.07) is 7.62. The quantitative estimate of drug-likeness (QED) is 0.322. The number of methoxy groups -OCH3 is 2. The summed E-state index contributed by atoms with van der Waals surface area (Å²) < 4.78 is 33.9. The third-order valence-electron chi connectivity index (χ3n) is 4.15.